The maximum absolute atomic E-state index is 13.6. The van der Waals surface area contributed by atoms with Gasteiger partial charge in [0.1, 0.15) is 5.82 Å². The second kappa shape index (κ2) is 8.99. The summed E-state index contributed by atoms with van der Waals surface area (Å²) in [4.78, 5) is 0. The van der Waals surface area contributed by atoms with Gasteiger partial charge in [-0.15, -0.1) is 0 Å². The van der Waals surface area contributed by atoms with Crippen LogP contribution in [0.1, 0.15) is 55.7 Å². The molecular formula is C24H32FNO. The SMILES string of the molecule is CC(C)[C@@H]1c2ccc(F)cc2CC[C@@]1(O)CCNCCCc1ccccc1. The molecule has 0 unspecified atom stereocenters. The Hall–Kier alpha value is -1.71. The number of benzene rings is 2. The van der Waals surface area contributed by atoms with Crippen LogP contribution >= 0.6 is 0 Å². The van der Waals surface area contributed by atoms with Gasteiger partial charge in [-0.2, -0.15) is 0 Å². The Morgan fingerprint density at radius 3 is 2.67 bits per heavy atom. The molecule has 3 rings (SSSR count). The molecule has 1 aliphatic carbocycles. The van der Waals surface area contributed by atoms with Gasteiger partial charge in [0.2, 0.25) is 0 Å². The van der Waals surface area contributed by atoms with E-state index in [1.807, 2.05) is 12.1 Å². The molecule has 0 bridgehead atoms. The highest BCUT2D eigenvalue weighted by Gasteiger charge is 2.42. The second-order valence-electron chi connectivity index (χ2n) is 8.26. The highest BCUT2D eigenvalue weighted by Crippen LogP contribution is 2.45. The largest absolute Gasteiger partial charge is 0.389 e. The monoisotopic (exact) mass is 369 g/mol. The molecule has 0 aromatic heterocycles. The van der Waals surface area contributed by atoms with E-state index in [0.29, 0.717) is 12.3 Å². The van der Waals surface area contributed by atoms with Crippen LogP contribution in [-0.4, -0.2) is 23.8 Å². The minimum atomic E-state index is -0.717. The summed E-state index contributed by atoms with van der Waals surface area (Å²) in [6.45, 7) is 6.08. The van der Waals surface area contributed by atoms with E-state index in [9.17, 15) is 9.50 Å². The number of fused-ring (bicyclic) bond motifs is 1. The van der Waals surface area contributed by atoms with Gasteiger partial charge in [0.05, 0.1) is 5.60 Å². The third-order valence-corrected chi connectivity index (χ3v) is 5.91. The van der Waals surface area contributed by atoms with Crippen LogP contribution in [0, 0.1) is 11.7 Å². The highest BCUT2D eigenvalue weighted by molar-refractivity contribution is 5.36. The van der Waals surface area contributed by atoms with E-state index in [4.69, 9.17) is 0 Å². The van der Waals surface area contributed by atoms with E-state index in [0.717, 1.165) is 49.9 Å². The Morgan fingerprint density at radius 2 is 1.93 bits per heavy atom. The van der Waals surface area contributed by atoms with Gasteiger partial charge >= 0.3 is 0 Å². The molecule has 3 heteroatoms. The van der Waals surface area contributed by atoms with Gasteiger partial charge in [0.15, 0.2) is 0 Å². The van der Waals surface area contributed by atoms with Crippen molar-refractivity contribution >= 4 is 0 Å². The fourth-order valence-corrected chi connectivity index (χ4v) is 4.64. The molecule has 0 radical (unpaired) electrons. The van der Waals surface area contributed by atoms with Gasteiger partial charge in [-0.25, -0.2) is 4.39 Å². The van der Waals surface area contributed by atoms with Crippen LogP contribution in [0.15, 0.2) is 48.5 Å². The van der Waals surface area contributed by atoms with E-state index >= 15 is 0 Å². The smallest absolute Gasteiger partial charge is 0.123 e. The first-order valence-electron chi connectivity index (χ1n) is 10.2. The lowest BCUT2D eigenvalue weighted by molar-refractivity contribution is -0.0241. The Morgan fingerprint density at radius 1 is 1.15 bits per heavy atom. The van der Waals surface area contributed by atoms with Gasteiger partial charge in [0.25, 0.3) is 0 Å². The van der Waals surface area contributed by atoms with Crippen LogP contribution < -0.4 is 5.32 Å². The molecule has 2 nitrogen and oxygen atoms in total. The van der Waals surface area contributed by atoms with Crippen molar-refractivity contribution in [2.24, 2.45) is 5.92 Å². The van der Waals surface area contributed by atoms with E-state index in [2.05, 4.69) is 43.4 Å². The molecule has 2 N–H and O–H groups in total. The lowest BCUT2D eigenvalue weighted by Crippen LogP contribution is -2.45. The van der Waals surface area contributed by atoms with Crippen LogP contribution in [0.4, 0.5) is 4.39 Å². The summed E-state index contributed by atoms with van der Waals surface area (Å²) in [5.41, 5.74) is 2.85. The summed E-state index contributed by atoms with van der Waals surface area (Å²) in [6, 6.07) is 15.6. The van der Waals surface area contributed by atoms with Gasteiger partial charge in [-0.05, 0) is 79.9 Å². The lowest BCUT2D eigenvalue weighted by atomic mass is 9.66. The van der Waals surface area contributed by atoms with E-state index in [1.165, 1.54) is 11.6 Å². The molecule has 2 aromatic rings. The fourth-order valence-electron chi connectivity index (χ4n) is 4.64. The molecule has 0 saturated heterocycles. The molecule has 2 aromatic carbocycles. The quantitative estimate of drug-likeness (QED) is 0.652. The predicted molar refractivity (Wildman–Crippen MR) is 109 cm³/mol. The van der Waals surface area contributed by atoms with Crippen molar-refractivity contribution in [2.45, 2.75) is 57.5 Å². The van der Waals surface area contributed by atoms with Crippen LogP contribution in [0.2, 0.25) is 0 Å². The zero-order valence-electron chi connectivity index (χ0n) is 16.5. The maximum Gasteiger partial charge on any atom is 0.123 e. The first-order chi connectivity index (χ1) is 13.0. The fraction of sp³-hybridized carbons (Fsp3) is 0.500. The second-order valence-corrected chi connectivity index (χ2v) is 8.26. The number of hydrogen-bond donors (Lipinski definition) is 2. The number of aryl methyl sites for hydroxylation is 2. The summed E-state index contributed by atoms with van der Waals surface area (Å²) in [5, 5.41) is 14.9. The average molecular weight is 370 g/mol. The van der Waals surface area contributed by atoms with Crippen molar-refractivity contribution in [3.8, 4) is 0 Å². The van der Waals surface area contributed by atoms with Crippen LogP contribution in [0.25, 0.3) is 0 Å². The molecule has 0 heterocycles. The van der Waals surface area contributed by atoms with Crippen LogP contribution in [-0.2, 0) is 12.8 Å². The standard InChI is InChI=1S/C24H32FNO/c1-18(2)23-22-11-10-21(25)17-20(22)12-13-24(23,27)14-16-26-15-6-9-19-7-4-3-5-8-19/h3-5,7-8,10-11,17-18,23,26-27H,6,9,12-16H2,1-2H3/t23-,24-/m1/s1. The number of nitrogens with one attached hydrogen (secondary N) is 1. The van der Waals surface area contributed by atoms with Crippen molar-refractivity contribution in [1.29, 1.82) is 0 Å². The van der Waals surface area contributed by atoms with E-state index in [-0.39, 0.29) is 11.7 Å². The molecule has 0 aliphatic heterocycles. The average Bonchev–Trinajstić information content (AvgIpc) is 2.65. The number of aliphatic hydroxyl groups is 1. The first-order valence-corrected chi connectivity index (χ1v) is 10.2. The van der Waals surface area contributed by atoms with Gasteiger partial charge < -0.3 is 10.4 Å². The van der Waals surface area contributed by atoms with Crippen molar-refractivity contribution in [3.63, 3.8) is 0 Å². The van der Waals surface area contributed by atoms with Crippen molar-refractivity contribution < 1.29 is 9.50 Å². The molecule has 27 heavy (non-hydrogen) atoms. The summed E-state index contributed by atoms with van der Waals surface area (Å²) in [5.74, 6) is 0.201. The Kier molecular flexibility index (Phi) is 6.67. The predicted octanol–water partition coefficient (Wildman–Crippen LogP) is 4.86. The van der Waals surface area contributed by atoms with E-state index < -0.39 is 5.60 Å². The van der Waals surface area contributed by atoms with Gasteiger partial charge in [-0.1, -0.05) is 50.2 Å². The van der Waals surface area contributed by atoms with Crippen molar-refractivity contribution in [3.05, 3.63) is 71.0 Å². The summed E-state index contributed by atoms with van der Waals surface area (Å²) in [6.07, 6.45) is 4.36. The topological polar surface area (TPSA) is 32.3 Å². The molecule has 0 spiro atoms. The minimum Gasteiger partial charge on any atom is -0.389 e. The minimum absolute atomic E-state index is 0.0629. The first kappa shape index (κ1) is 20.0. The summed E-state index contributed by atoms with van der Waals surface area (Å²) >= 11 is 0. The van der Waals surface area contributed by atoms with Crippen molar-refractivity contribution in [2.75, 3.05) is 13.1 Å². The molecule has 1 aliphatic rings. The molecular weight excluding hydrogens is 337 g/mol. The molecule has 0 fully saturated rings. The highest BCUT2D eigenvalue weighted by atomic mass is 19.1. The number of hydrogen-bond acceptors (Lipinski definition) is 2. The third kappa shape index (κ3) is 4.97. The lowest BCUT2D eigenvalue weighted by Gasteiger charge is -2.44. The Labute approximate surface area is 162 Å². The third-order valence-electron chi connectivity index (χ3n) is 5.91. The van der Waals surface area contributed by atoms with Crippen LogP contribution in [0.3, 0.4) is 0 Å². The summed E-state index contributed by atoms with van der Waals surface area (Å²) < 4.78 is 13.6. The maximum atomic E-state index is 13.6. The normalized spacial score (nSPS) is 22.0. The van der Waals surface area contributed by atoms with Gasteiger partial charge in [-0.3, -0.25) is 0 Å². The molecule has 0 amide bonds. The molecule has 2 atom stereocenters. The Balaban J connectivity index is 1.53. The Bertz CT molecular complexity index is 730. The van der Waals surface area contributed by atoms with Gasteiger partial charge in [0, 0.05) is 5.92 Å². The molecule has 0 saturated carbocycles. The summed E-state index contributed by atoms with van der Waals surface area (Å²) in [7, 11) is 0. The zero-order valence-corrected chi connectivity index (χ0v) is 16.5. The number of halogens is 1. The molecule has 146 valence electrons. The van der Waals surface area contributed by atoms with Crippen molar-refractivity contribution in [1.82, 2.24) is 5.32 Å². The number of rotatable bonds is 8. The van der Waals surface area contributed by atoms with E-state index in [1.54, 1.807) is 6.07 Å². The van der Waals surface area contributed by atoms with Crippen LogP contribution in [0.5, 0.6) is 0 Å². The zero-order chi connectivity index (χ0) is 19.3.